The largest absolute Gasteiger partial charge is 0.496 e. The van der Waals surface area contributed by atoms with Gasteiger partial charge >= 0.3 is 6.18 Å². The summed E-state index contributed by atoms with van der Waals surface area (Å²) in [6.07, 6.45) is -2.44. The number of hydrogen-bond acceptors (Lipinski definition) is 6. The highest BCUT2D eigenvalue weighted by atomic mass is 19.4. The van der Waals surface area contributed by atoms with Crippen molar-refractivity contribution in [2.45, 2.75) is 44.5 Å². The van der Waals surface area contributed by atoms with Crippen molar-refractivity contribution < 1.29 is 23.0 Å². The summed E-state index contributed by atoms with van der Waals surface area (Å²) in [5.41, 5.74) is 1.11. The van der Waals surface area contributed by atoms with Crippen LogP contribution < -0.4 is 9.64 Å². The molecule has 1 fully saturated rings. The van der Waals surface area contributed by atoms with E-state index < -0.39 is 17.8 Å². The Morgan fingerprint density at radius 2 is 1.90 bits per heavy atom. The van der Waals surface area contributed by atoms with Gasteiger partial charge in [0.05, 0.1) is 24.5 Å². The Hall–Kier alpha value is -2.39. The molecule has 2 atom stereocenters. The zero-order valence-electron chi connectivity index (χ0n) is 17.9. The van der Waals surface area contributed by atoms with Gasteiger partial charge in [-0.05, 0) is 63.5 Å². The highest BCUT2D eigenvalue weighted by molar-refractivity contribution is 5.73. The molecule has 9 heteroatoms. The second kappa shape index (κ2) is 8.27. The van der Waals surface area contributed by atoms with Crippen LogP contribution in [0.25, 0.3) is 11.3 Å². The highest BCUT2D eigenvalue weighted by Gasteiger charge is 2.34. The average molecular weight is 436 g/mol. The number of hydrogen-bond donors (Lipinski definition) is 1. The summed E-state index contributed by atoms with van der Waals surface area (Å²) in [5, 5.41) is 19.4. The normalized spacial score (nSPS) is 22.4. The van der Waals surface area contributed by atoms with Crippen LogP contribution in [-0.2, 0) is 6.18 Å². The Labute approximate surface area is 179 Å². The summed E-state index contributed by atoms with van der Waals surface area (Å²) in [5.74, 6) is 0.740. The molecule has 1 N–H and O–H groups in total. The second-order valence-electron chi connectivity index (χ2n) is 8.43. The molecule has 0 spiro atoms. The Morgan fingerprint density at radius 3 is 2.58 bits per heavy atom. The van der Waals surface area contributed by atoms with Crippen LogP contribution in [0.2, 0.25) is 0 Å². The van der Waals surface area contributed by atoms with E-state index in [1.54, 1.807) is 13.0 Å². The van der Waals surface area contributed by atoms with Gasteiger partial charge in [-0.3, -0.25) is 0 Å². The summed E-state index contributed by atoms with van der Waals surface area (Å²) >= 11 is 0. The van der Waals surface area contributed by atoms with E-state index in [4.69, 9.17) is 4.74 Å². The number of rotatable bonds is 3. The lowest BCUT2D eigenvalue weighted by Crippen LogP contribution is -2.49. The van der Waals surface area contributed by atoms with E-state index in [1.807, 2.05) is 0 Å². The smallest absolute Gasteiger partial charge is 0.416 e. The number of piperidine rings is 1. The Bertz CT molecular complexity index is 967. The maximum absolute atomic E-state index is 13.2. The molecule has 2 aliphatic rings. The van der Waals surface area contributed by atoms with E-state index in [2.05, 4.69) is 27.0 Å². The summed E-state index contributed by atoms with van der Waals surface area (Å²) in [7, 11) is 3.43. The van der Waals surface area contributed by atoms with Crippen molar-refractivity contribution in [3.8, 4) is 17.0 Å². The van der Waals surface area contributed by atoms with Crippen molar-refractivity contribution in [2.24, 2.45) is 0 Å². The predicted molar refractivity (Wildman–Crippen MR) is 111 cm³/mol. The molecular formula is C22H27F3N4O2. The minimum absolute atomic E-state index is 0.0811. The van der Waals surface area contributed by atoms with Gasteiger partial charge in [-0.15, -0.1) is 10.2 Å². The van der Waals surface area contributed by atoms with Crippen molar-refractivity contribution in [3.63, 3.8) is 0 Å². The first-order chi connectivity index (χ1) is 14.7. The number of halogens is 3. The summed E-state index contributed by atoms with van der Waals surface area (Å²) in [4.78, 5) is 4.50. The molecule has 0 amide bonds. The van der Waals surface area contributed by atoms with Gasteiger partial charge in [0.15, 0.2) is 5.82 Å². The third-order valence-electron chi connectivity index (χ3n) is 6.22. The third-order valence-corrected chi connectivity index (χ3v) is 6.22. The molecule has 0 bridgehead atoms. The van der Waals surface area contributed by atoms with E-state index in [-0.39, 0.29) is 5.75 Å². The van der Waals surface area contributed by atoms with Gasteiger partial charge in [0.1, 0.15) is 5.75 Å². The van der Waals surface area contributed by atoms with Gasteiger partial charge in [0.25, 0.3) is 0 Å². The van der Waals surface area contributed by atoms with Crippen LogP contribution in [0.1, 0.15) is 42.1 Å². The molecule has 3 heterocycles. The average Bonchev–Trinajstić information content (AvgIpc) is 2.72. The van der Waals surface area contributed by atoms with Crippen molar-refractivity contribution >= 4 is 5.82 Å². The minimum Gasteiger partial charge on any atom is -0.496 e. The van der Waals surface area contributed by atoms with E-state index in [0.717, 1.165) is 38.1 Å². The predicted octanol–water partition coefficient (Wildman–Crippen LogP) is 3.82. The van der Waals surface area contributed by atoms with Crippen LogP contribution in [0.15, 0.2) is 18.2 Å². The lowest BCUT2D eigenvalue weighted by Gasteiger charge is -2.42. The molecular weight excluding hydrogens is 409 g/mol. The minimum atomic E-state index is -4.47. The fourth-order valence-corrected chi connectivity index (χ4v) is 4.67. The molecule has 0 radical (unpaired) electrons. The lowest BCUT2D eigenvalue weighted by atomic mass is 9.95. The van der Waals surface area contributed by atoms with Gasteiger partial charge in [-0.2, -0.15) is 13.2 Å². The molecule has 1 unspecified atom stereocenters. The number of aryl methyl sites for hydroxylation is 1. The first kappa shape index (κ1) is 21.8. The number of nitrogens with zero attached hydrogens (tertiary/aromatic N) is 4. The number of likely N-dealkylation sites (tertiary alicyclic amines) is 1. The second-order valence-corrected chi connectivity index (χ2v) is 8.43. The van der Waals surface area contributed by atoms with Crippen LogP contribution in [-0.4, -0.2) is 60.0 Å². The van der Waals surface area contributed by atoms with Gasteiger partial charge in [0, 0.05) is 30.3 Å². The molecule has 1 aromatic heterocycles. The van der Waals surface area contributed by atoms with Crippen molar-refractivity contribution in [1.82, 2.24) is 15.1 Å². The molecule has 2 aromatic rings. The highest BCUT2D eigenvalue weighted by Crippen LogP contribution is 2.41. The summed E-state index contributed by atoms with van der Waals surface area (Å²) < 4.78 is 44.9. The molecule has 1 aromatic carbocycles. The van der Waals surface area contributed by atoms with Gasteiger partial charge in [0.2, 0.25) is 0 Å². The number of aromatic nitrogens is 2. The number of benzene rings is 1. The van der Waals surface area contributed by atoms with E-state index in [0.29, 0.717) is 47.2 Å². The Balaban J connectivity index is 1.75. The van der Waals surface area contributed by atoms with E-state index >= 15 is 0 Å². The number of fused-ring (bicyclic) bond motifs is 1. The Kier molecular flexibility index (Phi) is 5.83. The number of alkyl halides is 3. The van der Waals surface area contributed by atoms with Gasteiger partial charge in [-0.1, -0.05) is 0 Å². The number of aliphatic hydroxyl groups is 1. The van der Waals surface area contributed by atoms with Crippen LogP contribution in [0.3, 0.4) is 0 Å². The van der Waals surface area contributed by atoms with E-state index in [9.17, 15) is 18.3 Å². The Morgan fingerprint density at radius 1 is 1.13 bits per heavy atom. The van der Waals surface area contributed by atoms with Crippen molar-refractivity contribution in [1.29, 1.82) is 0 Å². The molecule has 31 heavy (non-hydrogen) atoms. The number of anilines is 1. The maximum atomic E-state index is 13.2. The molecule has 0 saturated carbocycles. The number of aliphatic hydroxyl groups excluding tert-OH is 1. The number of methoxy groups -OCH3 is 1. The monoisotopic (exact) mass is 436 g/mol. The first-order valence-corrected chi connectivity index (χ1v) is 10.5. The summed E-state index contributed by atoms with van der Waals surface area (Å²) in [6, 6.07) is 4.10. The molecule has 168 valence electrons. The first-order valence-electron chi connectivity index (χ1n) is 10.5. The quantitative estimate of drug-likeness (QED) is 0.790. The number of likely N-dealkylation sites (N-methyl/N-ethyl adjacent to an activating group) is 1. The van der Waals surface area contributed by atoms with E-state index in [1.165, 1.54) is 7.11 Å². The zero-order valence-corrected chi connectivity index (χ0v) is 17.9. The SMILES string of the molecule is COc1cc(C(F)(F)F)cc(C)c1-c1cc2c(nn1)N([C@@H]1CCCN(C)C1)CCC2O. The maximum Gasteiger partial charge on any atom is 0.416 e. The molecule has 0 aliphatic carbocycles. The van der Waals surface area contributed by atoms with Crippen LogP contribution in [0.5, 0.6) is 5.75 Å². The van der Waals surface area contributed by atoms with Crippen LogP contribution >= 0.6 is 0 Å². The van der Waals surface area contributed by atoms with Gasteiger partial charge in [-0.25, -0.2) is 0 Å². The zero-order chi connectivity index (χ0) is 22.3. The van der Waals surface area contributed by atoms with Crippen molar-refractivity contribution in [3.05, 3.63) is 34.9 Å². The molecule has 1 saturated heterocycles. The molecule has 6 nitrogen and oxygen atoms in total. The van der Waals surface area contributed by atoms with Crippen molar-refractivity contribution in [2.75, 3.05) is 38.7 Å². The summed E-state index contributed by atoms with van der Waals surface area (Å²) in [6.45, 7) is 4.28. The lowest BCUT2D eigenvalue weighted by molar-refractivity contribution is -0.137. The standard InChI is InChI=1S/C22H27F3N4O2/c1-13-9-14(22(23,24)25)10-19(31-3)20(13)17-11-16-18(30)6-8-29(21(16)27-26-17)15-5-4-7-28(2)12-15/h9-11,15,18,30H,4-8,12H2,1-3H3/t15-,18?/m1/s1. The fraction of sp³-hybridized carbons (Fsp3) is 0.545. The fourth-order valence-electron chi connectivity index (χ4n) is 4.67. The number of ether oxygens (including phenoxy) is 1. The van der Waals surface area contributed by atoms with Crippen LogP contribution in [0.4, 0.5) is 19.0 Å². The topological polar surface area (TPSA) is 61.7 Å². The van der Waals surface area contributed by atoms with Crippen LogP contribution in [0, 0.1) is 6.92 Å². The molecule has 4 rings (SSSR count). The third kappa shape index (κ3) is 4.21. The van der Waals surface area contributed by atoms with Gasteiger partial charge < -0.3 is 19.6 Å². The molecule has 2 aliphatic heterocycles.